The molecule has 1 N–H and O–H groups in total. The summed E-state index contributed by atoms with van der Waals surface area (Å²) < 4.78 is 5.70. The van der Waals surface area contributed by atoms with E-state index < -0.39 is 4.92 Å². The summed E-state index contributed by atoms with van der Waals surface area (Å²) in [6, 6.07) is 12.4. The van der Waals surface area contributed by atoms with Crippen molar-refractivity contribution in [3.8, 4) is 11.5 Å². The number of aryl methyl sites for hydroxylation is 1. The average Bonchev–Trinajstić information content (AvgIpc) is 2.49. The Kier molecular flexibility index (Phi) is 4.77. The van der Waals surface area contributed by atoms with Crippen LogP contribution in [0.15, 0.2) is 42.5 Å². The molecule has 0 unspecified atom stereocenters. The fourth-order valence-electron chi connectivity index (χ4n) is 2.04. The Balaban J connectivity index is 2.21. The van der Waals surface area contributed by atoms with Crippen molar-refractivity contribution in [2.45, 2.75) is 19.8 Å². The first kappa shape index (κ1) is 14.8. The molecule has 0 fully saturated rings. The molecule has 5 heteroatoms. The fraction of sp³-hybridized carbons (Fsp3) is 0.250. The predicted molar refractivity (Wildman–Crippen MR) is 83.2 cm³/mol. The average molecular weight is 286 g/mol. The summed E-state index contributed by atoms with van der Waals surface area (Å²) in [4.78, 5) is 10.5. The van der Waals surface area contributed by atoms with Gasteiger partial charge in [0.05, 0.1) is 11.0 Å². The predicted octanol–water partition coefficient (Wildman–Crippen LogP) is 4.38. The molecule has 0 aromatic heterocycles. The molecule has 0 saturated heterocycles. The van der Waals surface area contributed by atoms with Crippen LogP contribution in [-0.4, -0.2) is 12.0 Å². The zero-order valence-corrected chi connectivity index (χ0v) is 12.1. The van der Waals surface area contributed by atoms with Crippen LogP contribution in [0.3, 0.4) is 0 Å². The van der Waals surface area contributed by atoms with Gasteiger partial charge in [-0.15, -0.1) is 0 Å². The van der Waals surface area contributed by atoms with E-state index in [1.807, 2.05) is 24.3 Å². The van der Waals surface area contributed by atoms with Crippen LogP contribution >= 0.6 is 0 Å². The van der Waals surface area contributed by atoms with E-state index in [1.54, 1.807) is 13.1 Å². The molecule has 5 nitrogen and oxygen atoms in total. The molecule has 2 aromatic rings. The quantitative estimate of drug-likeness (QED) is 0.632. The van der Waals surface area contributed by atoms with Crippen molar-refractivity contribution >= 4 is 11.4 Å². The van der Waals surface area contributed by atoms with Gasteiger partial charge in [0.1, 0.15) is 11.5 Å². The van der Waals surface area contributed by atoms with Gasteiger partial charge in [-0.3, -0.25) is 10.1 Å². The summed E-state index contributed by atoms with van der Waals surface area (Å²) in [6.07, 6.45) is 2.12. The second kappa shape index (κ2) is 6.74. The molecule has 2 aromatic carbocycles. The number of ether oxygens (including phenoxy) is 1. The van der Waals surface area contributed by atoms with E-state index in [0.717, 1.165) is 12.8 Å². The smallest absolute Gasteiger partial charge is 0.275 e. The highest BCUT2D eigenvalue weighted by Crippen LogP contribution is 2.29. The number of hydrogen-bond donors (Lipinski definition) is 1. The summed E-state index contributed by atoms with van der Waals surface area (Å²) in [7, 11) is 1.71. The number of nitro benzene ring substituents is 1. The van der Waals surface area contributed by atoms with Crippen LogP contribution in [0.1, 0.15) is 18.9 Å². The standard InChI is InChI=1S/C16H18N2O3/c1-3-4-12-5-7-15(8-6-12)21-16-10-13(17-2)9-14(11-16)18(19)20/h5-11,17H,3-4H2,1-2H3. The second-order valence-electron chi connectivity index (χ2n) is 4.72. The van der Waals surface area contributed by atoms with Gasteiger partial charge in [0.15, 0.2) is 0 Å². The van der Waals surface area contributed by atoms with Crippen LogP contribution in [0, 0.1) is 10.1 Å². The Morgan fingerprint density at radius 3 is 2.43 bits per heavy atom. The minimum absolute atomic E-state index is 0.000506. The molecule has 0 aliphatic rings. The number of hydrogen-bond acceptors (Lipinski definition) is 4. The van der Waals surface area contributed by atoms with Crippen LogP contribution in [0.2, 0.25) is 0 Å². The van der Waals surface area contributed by atoms with E-state index >= 15 is 0 Å². The number of rotatable bonds is 6. The van der Waals surface area contributed by atoms with E-state index in [-0.39, 0.29) is 5.69 Å². The molecule has 0 aliphatic carbocycles. The molecular formula is C16H18N2O3. The van der Waals surface area contributed by atoms with Crippen LogP contribution in [0.4, 0.5) is 11.4 Å². The molecule has 0 aliphatic heterocycles. The minimum atomic E-state index is -0.432. The fourth-order valence-corrected chi connectivity index (χ4v) is 2.04. The molecule has 110 valence electrons. The number of non-ortho nitro benzene ring substituents is 1. The number of benzene rings is 2. The Morgan fingerprint density at radius 1 is 1.14 bits per heavy atom. The lowest BCUT2D eigenvalue weighted by Crippen LogP contribution is -1.94. The maximum absolute atomic E-state index is 10.9. The molecule has 2 rings (SSSR count). The first-order valence-electron chi connectivity index (χ1n) is 6.86. The van der Waals surface area contributed by atoms with Gasteiger partial charge in [-0.2, -0.15) is 0 Å². The zero-order chi connectivity index (χ0) is 15.2. The molecule has 0 heterocycles. The second-order valence-corrected chi connectivity index (χ2v) is 4.72. The van der Waals surface area contributed by atoms with Crippen molar-refractivity contribution in [3.05, 3.63) is 58.1 Å². The SMILES string of the molecule is CCCc1ccc(Oc2cc(NC)cc([N+](=O)[O-])c2)cc1. The van der Waals surface area contributed by atoms with E-state index in [1.165, 1.54) is 17.7 Å². The van der Waals surface area contributed by atoms with Crippen LogP contribution in [0.5, 0.6) is 11.5 Å². The van der Waals surface area contributed by atoms with Gasteiger partial charge in [0, 0.05) is 24.9 Å². The Bertz CT molecular complexity index is 624. The Labute approximate surface area is 123 Å². The van der Waals surface area contributed by atoms with Crippen molar-refractivity contribution in [2.24, 2.45) is 0 Å². The van der Waals surface area contributed by atoms with E-state index in [9.17, 15) is 10.1 Å². The zero-order valence-electron chi connectivity index (χ0n) is 12.1. The van der Waals surface area contributed by atoms with Gasteiger partial charge >= 0.3 is 0 Å². The first-order valence-corrected chi connectivity index (χ1v) is 6.86. The number of nitrogens with one attached hydrogen (secondary N) is 1. The summed E-state index contributed by atoms with van der Waals surface area (Å²) >= 11 is 0. The normalized spacial score (nSPS) is 10.2. The summed E-state index contributed by atoms with van der Waals surface area (Å²) in [5, 5.41) is 13.8. The number of nitrogens with zero attached hydrogens (tertiary/aromatic N) is 1. The van der Waals surface area contributed by atoms with Crippen molar-refractivity contribution in [1.82, 2.24) is 0 Å². The van der Waals surface area contributed by atoms with Gasteiger partial charge in [0.2, 0.25) is 0 Å². The third kappa shape index (κ3) is 3.95. The Morgan fingerprint density at radius 2 is 1.86 bits per heavy atom. The molecular weight excluding hydrogens is 268 g/mol. The van der Waals surface area contributed by atoms with E-state index in [2.05, 4.69) is 12.2 Å². The summed E-state index contributed by atoms with van der Waals surface area (Å²) in [5.41, 5.74) is 1.89. The van der Waals surface area contributed by atoms with Crippen LogP contribution in [-0.2, 0) is 6.42 Å². The van der Waals surface area contributed by atoms with Gasteiger partial charge in [-0.25, -0.2) is 0 Å². The lowest BCUT2D eigenvalue weighted by Gasteiger charge is -2.08. The molecule has 0 saturated carbocycles. The maximum Gasteiger partial charge on any atom is 0.275 e. The number of nitro groups is 1. The monoisotopic (exact) mass is 286 g/mol. The van der Waals surface area contributed by atoms with Gasteiger partial charge < -0.3 is 10.1 Å². The van der Waals surface area contributed by atoms with Crippen molar-refractivity contribution in [2.75, 3.05) is 12.4 Å². The van der Waals surface area contributed by atoms with Crippen molar-refractivity contribution in [3.63, 3.8) is 0 Å². The topological polar surface area (TPSA) is 64.4 Å². The largest absolute Gasteiger partial charge is 0.457 e. The third-order valence-electron chi connectivity index (χ3n) is 3.09. The highest BCUT2D eigenvalue weighted by atomic mass is 16.6. The number of anilines is 1. The molecule has 0 bridgehead atoms. The molecule has 0 atom stereocenters. The van der Waals surface area contributed by atoms with Gasteiger partial charge in [-0.1, -0.05) is 25.5 Å². The maximum atomic E-state index is 10.9. The molecule has 0 radical (unpaired) electrons. The molecule has 21 heavy (non-hydrogen) atoms. The minimum Gasteiger partial charge on any atom is -0.457 e. The summed E-state index contributed by atoms with van der Waals surface area (Å²) in [5.74, 6) is 1.11. The Hall–Kier alpha value is -2.56. The highest BCUT2D eigenvalue weighted by molar-refractivity contribution is 5.56. The van der Waals surface area contributed by atoms with E-state index in [4.69, 9.17) is 4.74 Å². The van der Waals surface area contributed by atoms with Gasteiger partial charge in [0.25, 0.3) is 5.69 Å². The van der Waals surface area contributed by atoms with Crippen LogP contribution in [0.25, 0.3) is 0 Å². The van der Waals surface area contributed by atoms with E-state index in [0.29, 0.717) is 17.2 Å². The van der Waals surface area contributed by atoms with Crippen LogP contribution < -0.4 is 10.1 Å². The third-order valence-corrected chi connectivity index (χ3v) is 3.09. The van der Waals surface area contributed by atoms with Crippen molar-refractivity contribution in [1.29, 1.82) is 0 Å². The first-order chi connectivity index (χ1) is 10.1. The lowest BCUT2D eigenvalue weighted by atomic mass is 10.1. The lowest BCUT2D eigenvalue weighted by molar-refractivity contribution is -0.384. The molecule has 0 amide bonds. The highest BCUT2D eigenvalue weighted by Gasteiger charge is 2.10. The van der Waals surface area contributed by atoms with Gasteiger partial charge in [-0.05, 0) is 24.1 Å². The van der Waals surface area contributed by atoms with Crippen molar-refractivity contribution < 1.29 is 9.66 Å². The molecule has 0 spiro atoms. The summed E-state index contributed by atoms with van der Waals surface area (Å²) in [6.45, 7) is 2.13.